The highest BCUT2D eigenvalue weighted by Crippen LogP contribution is 2.39. The Balaban J connectivity index is 2.08. The van der Waals surface area contributed by atoms with Crippen LogP contribution in [0.4, 0.5) is 0 Å². The van der Waals surface area contributed by atoms with Crippen LogP contribution in [0, 0.1) is 13.8 Å². The van der Waals surface area contributed by atoms with Crippen molar-refractivity contribution in [3.05, 3.63) is 64.2 Å². The molecule has 18 heavy (non-hydrogen) atoms. The number of aryl methyl sites for hydroxylation is 3. The highest BCUT2D eigenvalue weighted by Gasteiger charge is 2.24. The van der Waals surface area contributed by atoms with Crippen LogP contribution in [0.2, 0.25) is 0 Å². The van der Waals surface area contributed by atoms with E-state index in [9.17, 15) is 5.11 Å². The quantitative estimate of drug-likeness (QED) is 0.793. The highest BCUT2D eigenvalue weighted by molar-refractivity contribution is 5.48. The van der Waals surface area contributed by atoms with E-state index in [0.29, 0.717) is 11.7 Å². The molecule has 0 bridgehead atoms. The molecule has 1 aliphatic carbocycles. The molecule has 2 aromatic rings. The lowest BCUT2D eigenvalue weighted by Gasteiger charge is -2.15. The number of hydrogen-bond donors (Lipinski definition) is 1. The van der Waals surface area contributed by atoms with Crippen LogP contribution in [0.15, 0.2) is 36.4 Å². The molecule has 0 fully saturated rings. The number of fused-ring (bicyclic) bond motifs is 1. The van der Waals surface area contributed by atoms with E-state index < -0.39 is 0 Å². The van der Waals surface area contributed by atoms with Crippen molar-refractivity contribution in [1.29, 1.82) is 0 Å². The third kappa shape index (κ3) is 1.71. The minimum atomic E-state index is 0.435. The second-order valence-electron chi connectivity index (χ2n) is 5.29. The van der Waals surface area contributed by atoms with Gasteiger partial charge in [-0.2, -0.15) is 0 Å². The molecule has 0 unspecified atom stereocenters. The molecule has 1 atom stereocenters. The molecule has 0 heterocycles. The van der Waals surface area contributed by atoms with E-state index in [4.69, 9.17) is 0 Å². The number of phenolic OH excluding ortho intramolecular Hbond substituents is 1. The Morgan fingerprint density at radius 2 is 1.72 bits per heavy atom. The summed E-state index contributed by atoms with van der Waals surface area (Å²) < 4.78 is 0. The first kappa shape index (κ1) is 11.3. The molecular weight excluding hydrogens is 220 g/mol. The fourth-order valence-electron chi connectivity index (χ4n) is 3.09. The zero-order valence-electron chi connectivity index (χ0n) is 10.9. The zero-order valence-corrected chi connectivity index (χ0v) is 10.9. The average Bonchev–Trinajstić information content (AvgIpc) is 2.79. The fourth-order valence-corrected chi connectivity index (χ4v) is 3.09. The second-order valence-corrected chi connectivity index (χ2v) is 5.29. The Morgan fingerprint density at radius 3 is 2.44 bits per heavy atom. The Morgan fingerprint density at radius 1 is 1.06 bits per heavy atom. The molecule has 0 radical (unpaired) electrons. The largest absolute Gasteiger partial charge is 0.507 e. The van der Waals surface area contributed by atoms with Gasteiger partial charge in [0.15, 0.2) is 0 Å². The monoisotopic (exact) mass is 238 g/mol. The SMILES string of the molecule is Cc1cc([C@@H]2CCc3ccccc32)cc(C)c1O. The first-order valence-electron chi connectivity index (χ1n) is 6.54. The van der Waals surface area contributed by atoms with E-state index in [1.165, 1.54) is 29.5 Å². The molecule has 1 heteroatoms. The Hall–Kier alpha value is -1.76. The number of phenols is 1. The van der Waals surface area contributed by atoms with E-state index >= 15 is 0 Å². The third-order valence-electron chi connectivity index (χ3n) is 4.05. The minimum absolute atomic E-state index is 0.435. The lowest BCUT2D eigenvalue weighted by molar-refractivity contribution is 0.466. The summed E-state index contributed by atoms with van der Waals surface area (Å²) in [5.41, 5.74) is 6.24. The van der Waals surface area contributed by atoms with Gasteiger partial charge in [0.2, 0.25) is 0 Å². The maximum atomic E-state index is 9.87. The Bertz CT molecular complexity index is 575. The molecule has 1 N–H and O–H groups in total. The highest BCUT2D eigenvalue weighted by atomic mass is 16.3. The maximum absolute atomic E-state index is 9.87. The summed E-state index contributed by atoms with van der Waals surface area (Å²) in [5, 5.41) is 9.87. The molecule has 0 saturated carbocycles. The van der Waals surface area contributed by atoms with Crippen molar-refractivity contribution >= 4 is 0 Å². The topological polar surface area (TPSA) is 20.2 Å². The minimum Gasteiger partial charge on any atom is -0.507 e. The van der Waals surface area contributed by atoms with Crippen LogP contribution in [0.3, 0.4) is 0 Å². The lowest BCUT2D eigenvalue weighted by Crippen LogP contribution is -1.98. The van der Waals surface area contributed by atoms with Crippen molar-refractivity contribution in [1.82, 2.24) is 0 Å². The fraction of sp³-hybridized carbons (Fsp3) is 0.294. The summed E-state index contributed by atoms with van der Waals surface area (Å²) in [6.07, 6.45) is 2.35. The molecule has 92 valence electrons. The van der Waals surface area contributed by atoms with Crippen LogP contribution < -0.4 is 0 Å². The number of benzene rings is 2. The summed E-state index contributed by atoms with van der Waals surface area (Å²) in [6, 6.07) is 13.0. The summed E-state index contributed by atoms with van der Waals surface area (Å²) in [5.74, 6) is 0.934. The van der Waals surface area contributed by atoms with Gasteiger partial charge in [-0.05, 0) is 54.5 Å². The van der Waals surface area contributed by atoms with E-state index in [1.807, 2.05) is 13.8 Å². The molecule has 0 saturated heterocycles. The van der Waals surface area contributed by atoms with Gasteiger partial charge >= 0.3 is 0 Å². The predicted molar refractivity (Wildman–Crippen MR) is 74.2 cm³/mol. The van der Waals surface area contributed by atoms with E-state index in [0.717, 1.165) is 11.1 Å². The number of hydrogen-bond acceptors (Lipinski definition) is 1. The van der Waals surface area contributed by atoms with Crippen molar-refractivity contribution < 1.29 is 5.11 Å². The molecule has 0 spiro atoms. The van der Waals surface area contributed by atoms with E-state index in [2.05, 4.69) is 36.4 Å². The molecule has 1 nitrogen and oxygen atoms in total. The summed E-state index contributed by atoms with van der Waals surface area (Å²) in [6.45, 7) is 3.96. The summed E-state index contributed by atoms with van der Waals surface area (Å²) in [7, 11) is 0. The van der Waals surface area contributed by atoms with Crippen molar-refractivity contribution in [3.63, 3.8) is 0 Å². The van der Waals surface area contributed by atoms with Gasteiger partial charge in [-0.3, -0.25) is 0 Å². The smallest absolute Gasteiger partial charge is 0.121 e. The van der Waals surface area contributed by atoms with Crippen LogP contribution in [-0.2, 0) is 6.42 Å². The van der Waals surface area contributed by atoms with Gasteiger partial charge in [0.1, 0.15) is 5.75 Å². The zero-order chi connectivity index (χ0) is 12.7. The maximum Gasteiger partial charge on any atom is 0.121 e. The molecule has 0 amide bonds. The molecule has 3 rings (SSSR count). The van der Waals surface area contributed by atoms with Crippen LogP contribution in [0.25, 0.3) is 0 Å². The third-order valence-corrected chi connectivity index (χ3v) is 4.05. The van der Waals surface area contributed by atoms with Crippen molar-refractivity contribution in [2.75, 3.05) is 0 Å². The standard InChI is InChI=1S/C17H18O/c1-11-9-14(10-12(2)17(11)18)16-8-7-13-5-3-4-6-15(13)16/h3-6,9-10,16,18H,7-8H2,1-2H3/t16-/m0/s1. The van der Waals surface area contributed by atoms with Crippen molar-refractivity contribution in [2.45, 2.75) is 32.6 Å². The van der Waals surface area contributed by atoms with Crippen molar-refractivity contribution in [2.24, 2.45) is 0 Å². The van der Waals surface area contributed by atoms with Gasteiger partial charge in [0.05, 0.1) is 0 Å². The second kappa shape index (κ2) is 4.16. The van der Waals surface area contributed by atoms with Crippen LogP contribution in [-0.4, -0.2) is 5.11 Å². The number of rotatable bonds is 1. The molecular formula is C17H18O. The average molecular weight is 238 g/mol. The summed E-state index contributed by atoms with van der Waals surface area (Å²) in [4.78, 5) is 0. The first-order valence-corrected chi connectivity index (χ1v) is 6.54. The van der Waals surface area contributed by atoms with Gasteiger partial charge in [0.25, 0.3) is 0 Å². The van der Waals surface area contributed by atoms with Gasteiger partial charge in [-0.25, -0.2) is 0 Å². The van der Waals surface area contributed by atoms with Crippen LogP contribution in [0.1, 0.15) is 40.2 Å². The van der Waals surface area contributed by atoms with Crippen LogP contribution in [0.5, 0.6) is 5.75 Å². The van der Waals surface area contributed by atoms with Gasteiger partial charge < -0.3 is 5.11 Å². The first-order chi connectivity index (χ1) is 8.66. The van der Waals surface area contributed by atoms with E-state index in [-0.39, 0.29) is 0 Å². The number of aromatic hydroxyl groups is 1. The Kier molecular flexibility index (Phi) is 2.62. The van der Waals surface area contributed by atoms with Gasteiger partial charge in [-0.1, -0.05) is 36.4 Å². The molecule has 0 aromatic heterocycles. The van der Waals surface area contributed by atoms with Crippen molar-refractivity contribution in [3.8, 4) is 5.75 Å². The lowest BCUT2D eigenvalue weighted by atomic mass is 9.90. The molecule has 2 aromatic carbocycles. The van der Waals surface area contributed by atoms with Gasteiger partial charge in [0, 0.05) is 5.92 Å². The Labute approximate surface area is 108 Å². The van der Waals surface area contributed by atoms with Crippen LogP contribution >= 0.6 is 0 Å². The summed E-state index contributed by atoms with van der Waals surface area (Å²) >= 11 is 0. The molecule has 0 aliphatic heterocycles. The molecule has 1 aliphatic rings. The predicted octanol–water partition coefficient (Wildman–Crippen LogP) is 4.09. The normalized spacial score (nSPS) is 17.8. The van der Waals surface area contributed by atoms with E-state index in [1.54, 1.807) is 0 Å². The van der Waals surface area contributed by atoms with Gasteiger partial charge in [-0.15, -0.1) is 0 Å².